The molecule has 0 aromatic heterocycles. The van der Waals surface area contributed by atoms with Crippen LogP contribution in [0.4, 0.5) is 0 Å². The minimum atomic E-state index is 0.740. The number of rotatable bonds is 5. The van der Waals surface area contributed by atoms with Crippen molar-refractivity contribution >= 4 is 5.96 Å². The molecule has 3 unspecified atom stereocenters. The molecular weight excluding hydrogens is 354 g/mol. The molecule has 29 heavy (non-hydrogen) atoms. The van der Waals surface area contributed by atoms with Crippen LogP contribution in [0.1, 0.15) is 96.3 Å². The van der Waals surface area contributed by atoms with Gasteiger partial charge in [0.25, 0.3) is 0 Å². The monoisotopic (exact) mass is 397 g/mol. The molecule has 0 amide bonds. The van der Waals surface area contributed by atoms with Crippen LogP contribution < -0.4 is 0 Å². The van der Waals surface area contributed by atoms with Gasteiger partial charge in [0.1, 0.15) is 0 Å². The highest BCUT2D eigenvalue weighted by atomic mass is 15.5. The van der Waals surface area contributed by atoms with E-state index in [4.69, 9.17) is 4.99 Å². The standard InChI is InChI=1S/C26H43N3/c1-3-7-20(8-4-1)24-17-27-26-28(14-13-23-16-19-11-12-22(23)15-19)25(18-29(24)26)21-9-5-2-6-10-21/h19-25H,1-18H2/t19?,22?,23?,24-,25-/m1/s1. The van der Waals surface area contributed by atoms with E-state index in [0.29, 0.717) is 0 Å². The third-order valence-corrected chi connectivity index (χ3v) is 10.1. The van der Waals surface area contributed by atoms with Gasteiger partial charge in [0.05, 0.1) is 18.6 Å². The average Bonchev–Trinajstić information content (AvgIpc) is 3.54. The summed E-state index contributed by atoms with van der Waals surface area (Å²) in [5.41, 5.74) is 0. The molecule has 2 bridgehead atoms. The molecule has 3 nitrogen and oxygen atoms in total. The van der Waals surface area contributed by atoms with Gasteiger partial charge in [-0.05, 0) is 81.0 Å². The second kappa shape index (κ2) is 8.08. The van der Waals surface area contributed by atoms with Crippen molar-refractivity contribution in [3.8, 4) is 0 Å². The maximum Gasteiger partial charge on any atom is 0.197 e. The Morgan fingerprint density at radius 1 is 0.724 bits per heavy atom. The normalized spacial score (nSPS) is 40.7. The molecule has 4 aliphatic carbocycles. The second-order valence-corrected chi connectivity index (χ2v) is 11.6. The predicted octanol–water partition coefficient (Wildman–Crippen LogP) is 5.70. The van der Waals surface area contributed by atoms with Crippen LogP contribution in [0.5, 0.6) is 0 Å². The van der Waals surface area contributed by atoms with Crippen LogP contribution in [0.25, 0.3) is 0 Å². The van der Waals surface area contributed by atoms with Crippen molar-refractivity contribution < 1.29 is 0 Å². The first-order chi connectivity index (χ1) is 14.4. The Morgan fingerprint density at radius 3 is 2.10 bits per heavy atom. The molecule has 0 spiro atoms. The first kappa shape index (κ1) is 19.0. The van der Waals surface area contributed by atoms with Gasteiger partial charge in [0, 0.05) is 13.1 Å². The largest absolute Gasteiger partial charge is 0.338 e. The van der Waals surface area contributed by atoms with Crippen molar-refractivity contribution in [1.82, 2.24) is 9.80 Å². The summed E-state index contributed by atoms with van der Waals surface area (Å²) in [6.45, 7) is 3.71. The molecule has 0 radical (unpaired) electrons. The lowest BCUT2D eigenvalue weighted by Gasteiger charge is -2.35. The van der Waals surface area contributed by atoms with E-state index in [1.165, 1.54) is 96.1 Å². The summed E-state index contributed by atoms with van der Waals surface area (Å²) in [6.07, 6.45) is 22.3. The van der Waals surface area contributed by atoms with Crippen LogP contribution in [-0.4, -0.2) is 47.5 Å². The Kier molecular flexibility index (Phi) is 5.29. The smallest absolute Gasteiger partial charge is 0.197 e. The molecule has 5 fully saturated rings. The number of hydrogen-bond donors (Lipinski definition) is 0. The van der Waals surface area contributed by atoms with Crippen LogP contribution >= 0.6 is 0 Å². The van der Waals surface area contributed by atoms with Crippen LogP contribution in [-0.2, 0) is 0 Å². The molecule has 162 valence electrons. The maximum atomic E-state index is 5.24. The zero-order valence-electron chi connectivity index (χ0n) is 18.6. The van der Waals surface area contributed by atoms with Gasteiger partial charge in [0.15, 0.2) is 5.96 Å². The van der Waals surface area contributed by atoms with Crippen molar-refractivity contribution in [2.24, 2.45) is 34.6 Å². The highest BCUT2D eigenvalue weighted by Crippen LogP contribution is 2.50. The molecule has 2 aliphatic heterocycles. The van der Waals surface area contributed by atoms with E-state index in [-0.39, 0.29) is 0 Å². The molecule has 5 atom stereocenters. The van der Waals surface area contributed by atoms with Gasteiger partial charge in [-0.1, -0.05) is 44.9 Å². The number of hydrogen-bond acceptors (Lipinski definition) is 3. The molecule has 0 N–H and O–H groups in total. The van der Waals surface area contributed by atoms with E-state index in [9.17, 15) is 0 Å². The number of guanidine groups is 1. The molecule has 6 rings (SSSR count). The van der Waals surface area contributed by atoms with Crippen molar-refractivity contribution in [2.75, 3.05) is 19.6 Å². The van der Waals surface area contributed by atoms with Crippen LogP contribution in [0.3, 0.4) is 0 Å². The Bertz CT molecular complexity index is 603. The zero-order valence-corrected chi connectivity index (χ0v) is 18.6. The van der Waals surface area contributed by atoms with Crippen LogP contribution in [0.15, 0.2) is 4.99 Å². The lowest BCUT2D eigenvalue weighted by molar-refractivity contribution is 0.166. The summed E-state index contributed by atoms with van der Waals surface area (Å²) < 4.78 is 0. The van der Waals surface area contributed by atoms with Gasteiger partial charge >= 0.3 is 0 Å². The highest BCUT2D eigenvalue weighted by Gasteiger charge is 2.47. The topological polar surface area (TPSA) is 18.8 Å². The molecule has 0 aromatic carbocycles. The van der Waals surface area contributed by atoms with E-state index >= 15 is 0 Å². The second-order valence-electron chi connectivity index (χ2n) is 11.6. The third-order valence-electron chi connectivity index (χ3n) is 10.1. The predicted molar refractivity (Wildman–Crippen MR) is 120 cm³/mol. The molecule has 4 saturated carbocycles. The molecular formula is C26H43N3. The quantitative estimate of drug-likeness (QED) is 0.593. The summed E-state index contributed by atoms with van der Waals surface area (Å²) in [4.78, 5) is 10.9. The summed E-state index contributed by atoms with van der Waals surface area (Å²) in [5.74, 6) is 6.50. The minimum Gasteiger partial charge on any atom is -0.338 e. The number of nitrogens with zero attached hydrogens (tertiary/aromatic N) is 3. The summed E-state index contributed by atoms with van der Waals surface area (Å²) in [6, 6.07) is 1.52. The van der Waals surface area contributed by atoms with Crippen LogP contribution in [0, 0.1) is 29.6 Å². The number of aliphatic imine (C=N–C) groups is 1. The lowest BCUT2D eigenvalue weighted by Crippen LogP contribution is -2.41. The van der Waals surface area contributed by atoms with E-state index in [2.05, 4.69) is 9.80 Å². The summed E-state index contributed by atoms with van der Waals surface area (Å²) in [5, 5.41) is 0. The Labute approximate surface area is 178 Å². The first-order valence-electron chi connectivity index (χ1n) is 13.4. The van der Waals surface area contributed by atoms with E-state index < -0.39 is 0 Å². The fourth-order valence-electron chi connectivity index (χ4n) is 8.58. The molecule has 2 heterocycles. The van der Waals surface area contributed by atoms with Gasteiger partial charge in [-0.3, -0.25) is 4.99 Å². The van der Waals surface area contributed by atoms with Crippen molar-refractivity contribution in [3.05, 3.63) is 0 Å². The third kappa shape index (κ3) is 3.53. The van der Waals surface area contributed by atoms with Crippen molar-refractivity contribution in [2.45, 2.75) is 108 Å². The Balaban J connectivity index is 1.17. The summed E-state index contributed by atoms with van der Waals surface area (Å²) in [7, 11) is 0. The summed E-state index contributed by atoms with van der Waals surface area (Å²) >= 11 is 0. The van der Waals surface area contributed by atoms with Gasteiger partial charge < -0.3 is 9.80 Å². The molecule has 1 saturated heterocycles. The van der Waals surface area contributed by atoms with Gasteiger partial charge in [0.2, 0.25) is 0 Å². The molecule has 6 aliphatic rings. The lowest BCUT2D eigenvalue weighted by atomic mass is 9.82. The molecule has 3 heteroatoms. The van der Waals surface area contributed by atoms with Crippen molar-refractivity contribution in [1.29, 1.82) is 0 Å². The average molecular weight is 398 g/mol. The van der Waals surface area contributed by atoms with E-state index in [1.807, 2.05) is 0 Å². The van der Waals surface area contributed by atoms with E-state index in [1.54, 1.807) is 19.3 Å². The van der Waals surface area contributed by atoms with Gasteiger partial charge in [-0.15, -0.1) is 0 Å². The first-order valence-corrected chi connectivity index (χ1v) is 13.4. The minimum absolute atomic E-state index is 0.740. The Hall–Kier alpha value is -0.730. The zero-order chi connectivity index (χ0) is 19.2. The fourth-order valence-corrected chi connectivity index (χ4v) is 8.58. The maximum absolute atomic E-state index is 5.24. The fraction of sp³-hybridized carbons (Fsp3) is 0.962. The van der Waals surface area contributed by atoms with E-state index in [0.717, 1.165) is 48.2 Å². The Morgan fingerprint density at radius 2 is 1.45 bits per heavy atom. The number of fused-ring (bicyclic) bond motifs is 3. The van der Waals surface area contributed by atoms with Gasteiger partial charge in [-0.2, -0.15) is 0 Å². The van der Waals surface area contributed by atoms with Crippen LogP contribution in [0.2, 0.25) is 0 Å². The van der Waals surface area contributed by atoms with Gasteiger partial charge in [-0.25, -0.2) is 0 Å². The SMILES string of the molecule is C1CCC([C@H]2CN3C(=NC[C@@H]3C3CCCCC3)N2CCC2CC3CCC2C3)CC1. The molecule has 0 aromatic rings. The van der Waals surface area contributed by atoms with Crippen molar-refractivity contribution in [3.63, 3.8) is 0 Å². The highest BCUT2D eigenvalue weighted by molar-refractivity contribution is 5.84.